The number of carbonyl (C=O) groups is 1. The molecule has 1 amide bonds. The van der Waals surface area contributed by atoms with Gasteiger partial charge in [0.1, 0.15) is 5.82 Å². The molecule has 134 valence electrons. The maximum atomic E-state index is 13.0. The Balaban J connectivity index is 1.73. The van der Waals surface area contributed by atoms with Crippen LogP contribution in [-0.4, -0.2) is 10.9 Å². The molecule has 0 aliphatic heterocycles. The van der Waals surface area contributed by atoms with Crippen molar-refractivity contribution in [1.82, 2.24) is 4.98 Å². The molecule has 0 saturated heterocycles. The van der Waals surface area contributed by atoms with E-state index in [0.717, 1.165) is 32.5 Å². The SMILES string of the molecule is Cc1ccc(Cc2c(C(=O)Nc3cc(C)ccn3)sc3ccccc23)cc1. The molecule has 0 spiro atoms. The van der Waals surface area contributed by atoms with E-state index in [1.54, 1.807) is 6.20 Å². The van der Waals surface area contributed by atoms with Crippen molar-refractivity contribution in [3.63, 3.8) is 0 Å². The third kappa shape index (κ3) is 3.76. The van der Waals surface area contributed by atoms with Crippen molar-refractivity contribution in [1.29, 1.82) is 0 Å². The summed E-state index contributed by atoms with van der Waals surface area (Å²) >= 11 is 1.54. The maximum absolute atomic E-state index is 13.0. The van der Waals surface area contributed by atoms with Crippen molar-refractivity contribution >= 4 is 33.1 Å². The zero-order chi connectivity index (χ0) is 18.8. The first-order chi connectivity index (χ1) is 13.1. The van der Waals surface area contributed by atoms with Gasteiger partial charge in [0.05, 0.1) is 4.88 Å². The minimum atomic E-state index is -0.101. The lowest BCUT2D eigenvalue weighted by atomic mass is 10.0. The monoisotopic (exact) mass is 372 g/mol. The molecule has 0 radical (unpaired) electrons. The molecule has 4 rings (SSSR count). The highest BCUT2D eigenvalue weighted by atomic mass is 32.1. The molecule has 4 aromatic rings. The number of aryl methyl sites for hydroxylation is 2. The Labute approximate surface area is 162 Å². The summed E-state index contributed by atoms with van der Waals surface area (Å²) in [7, 11) is 0. The Morgan fingerprint density at radius 1 is 1.00 bits per heavy atom. The van der Waals surface area contributed by atoms with E-state index < -0.39 is 0 Å². The number of rotatable bonds is 4. The summed E-state index contributed by atoms with van der Waals surface area (Å²) in [6, 6.07) is 20.5. The van der Waals surface area contributed by atoms with E-state index in [9.17, 15) is 4.79 Å². The topological polar surface area (TPSA) is 42.0 Å². The maximum Gasteiger partial charge on any atom is 0.267 e. The summed E-state index contributed by atoms with van der Waals surface area (Å²) in [5, 5.41) is 4.10. The molecule has 0 aliphatic rings. The molecule has 2 aromatic heterocycles. The summed E-state index contributed by atoms with van der Waals surface area (Å²) < 4.78 is 1.13. The first-order valence-electron chi connectivity index (χ1n) is 8.90. The average molecular weight is 372 g/mol. The molecule has 27 heavy (non-hydrogen) atoms. The molecule has 0 unspecified atom stereocenters. The quantitative estimate of drug-likeness (QED) is 0.495. The second kappa shape index (κ2) is 7.33. The average Bonchev–Trinajstić information content (AvgIpc) is 3.02. The second-order valence-corrected chi connectivity index (χ2v) is 7.79. The largest absolute Gasteiger partial charge is 0.306 e. The van der Waals surface area contributed by atoms with E-state index in [2.05, 4.69) is 53.6 Å². The van der Waals surface area contributed by atoms with Gasteiger partial charge in [-0.15, -0.1) is 11.3 Å². The fourth-order valence-electron chi connectivity index (χ4n) is 3.15. The predicted molar refractivity (Wildman–Crippen MR) is 113 cm³/mol. The number of carbonyl (C=O) groups excluding carboxylic acids is 1. The number of benzene rings is 2. The van der Waals surface area contributed by atoms with Gasteiger partial charge in [-0.05, 0) is 60.5 Å². The Kier molecular flexibility index (Phi) is 4.73. The van der Waals surface area contributed by atoms with Gasteiger partial charge >= 0.3 is 0 Å². The van der Waals surface area contributed by atoms with Crippen LogP contribution < -0.4 is 5.32 Å². The molecule has 1 N–H and O–H groups in total. The molecule has 0 atom stereocenters. The van der Waals surface area contributed by atoms with Gasteiger partial charge in [-0.25, -0.2) is 4.98 Å². The van der Waals surface area contributed by atoms with Gasteiger partial charge in [0.15, 0.2) is 0 Å². The number of fused-ring (bicyclic) bond motifs is 1. The smallest absolute Gasteiger partial charge is 0.267 e. The number of thiophene rings is 1. The van der Waals surface area contributed by atoms with Crippen molar-refractivity contribution in [2.24, 2.45) is 0 Å². The molecule has 4 heteroatoms. The number of nitrogens with one attached hydrogen (secondary N) is 1. The van der Waals surface area contributed by atoms with Gasteiger partial charge < -0.3 is 5.32 Å². The van der Waals surface area contributed by atoms with Gasteiger partial charge in [0.2, 0.25) is 0 Å². The lowest BCUT2D eigenvalue weighted by Gasteiger charge is -2.07. The molecular formula is C23H20N2OS. The van der Waals surface area contributed by atoms with Gasteiger partial charge in [-0.1, -0.05) is 48.0 Å². The molecule has 2 aromatic carbocycles. The van der Waals surface area contributed by atoms with Crippen LogP contribution in [0, 0.1) is 13.8 Å². The normalized spacial score (nSPS) is 10.9. The van der Waals surface area contributed by atoms with Crippen LogP contribution in [0.25, 0.3) is 10.1 Å². The first-order valence-corrected chi connectivity index (χ1v) is 9.72. The lowest BCUT2D eigenvalue weighted by molar-refractivity contribution is 0.102. The van der Waals surface area contributed by atoms with E-state index >= 15 is 0 Å². The number of pyridine rings is 1. The minimum absolute atomic E-state index is 0.101. The molecule has 3 nitrogen and oxygen atoms in total. The first kappa shape index (κ1) is 17.4. The van der Waals surface area contributed by atoms with Gasteiger partial charge in [0, 0.05) is 10.9 Å². The van der Waals surface area contributed by atoms with Crippen LogP contribution in [0.1, 0.15) is 31.9 Å². The number of hydrogen-bond acceptors (Lipinski definition) is 3. The number of nitrogens with zero attached hydrogens (tertiary/aromatic N) is 1. The minimum Gasteiger partial charge on any atom is -0.306 e. The van der Waals surface area contributed by atoms with Gasteiger partial charge in [-0.3, -0.25) is 4.79 Å². The lowest BCUT2D eigenvalue weighted by Crippen LogP contribution is -2.13. The predicted octanol–water partition coefficient (Wildman–Crippen LogP) is 5.76. The summed E-state index contributed by atoms with van der Waals surface area (Å²) in [4.78, 5) is 18.0. The number of aromatic nitrogens is 1. The van der Waals surface area contributed by atoms with Crippen molar-refractivity contribution in [3.05, 3.63) is 94.0 Å². The van der Waals surface area contributed by atoms with Crippen LogP contribution in [-0.2, 0) is 6.42 Å². The number of hydrogen-bond donors (Lipinski definition) is 1. The fraction of sp³-hybridized carbons (Fsp3) is 0.130. The van der Waals surface area contributed by atoms with Crippen LogP contribution in [0.5, 0.6) is 0 Å². The highest BCUT2D eigenvalue weighted by Crippen LogP contribution is 2.33. The third-order valence-corrected chi connectivity index (χ3v) is 5.77. The zero-order valence-electron chi connectivity index (χ0n) is 15.3. The Bertz CT molecular complexity index is 1110. The van der Waals surface area contributed by atoms with Crippen LogP contribution in [0.15, 0.2) is 66.9 Å². The molecule has 0 bridgehead atoms. The van der Waals surface area contributed by atoms with Crippen molar-refractivity contribution in [2.45, 2.75) is 20.3 Å². The van der Waals surface area contributed by atoms with Crippen LogP contribution in [0.4, 0.5) is 5.82 Å². The zero-order valence-corrected chi connectivity index (χ0v) is 16.1. The Hall–Kier alpha value is -2.98. The third-order valence-electron chi connectivity index (χ3n) is 4.56. The van der Waals surface area contributed by atoms with Crippen LogP contribution in [0.3, 0.4) is 0 Å². The van der Waals surface area contributed by atoms with E-state index in [0.29, 0.717) is 5.82 Å². The molecule has 0 saturated carbocycles. The Morgan fingerprint density at radius 2 is 1.78 bits per heavy atom. The van der Waals surface area contributed by atoms with Crippen molar-refractivity contribution in [2.75, 3.05) is 5.32 Å². The standard InChI is InChI=1S/C23H20N2OS/c1-15-7-9-17(10-8-15)14-19-18-5-3-4-6-20(18)27-22(19)23(26)25-21-13-16(2)11-12-24-21/h3-13H,14H2,1-2H3,(H,24,25,26). The van der Waals surface area contributed by atoms with Gasteiger partial charge in [-0.2, -0.15) is 0 Å². The highest BCUT2D eigenvalue weighted by molar-refractivity contribution is 7.21. The summed E-state index contributed by atoms with van der Waals surface area (Å²) in [5.74, 6) is 0.482. The second-order valence-electron chi connectivity index (χ2n) is 6.74. The van der Waals surface area contributed by atoms with Crippen LogP contribution >= 0.6 is 11.3 Å². The van der Waals surface area contributed by atoms with E-state index in [1.165, 1.54) is 22.5 Å². The molecular weight excluding hydrogens is 352 g/mol. The summed E-state index contributed by atoms with van der Waals surface area (Å²) in [6.07, 6.45) is 2.44. The van der Waals surface area contributed by atoms with E-state index in [4.69, 9.17) is 0 Å². The van der Waals surface area contributed by atoms with E-state index in [1.807, 2.05) is 31.2 Å². The van der Waals surface area contributed by atoms with Crippen molar-refractivity contribution < 1.29 is 4.79 Å². The molecule has 2 heterocycles. The summed E-state index contributed by atoms with van der Waals surface area (Å²) in [5.41, 5.74) is 4.57. The van der Waals surface area contributed by atoms with Crippen molar-refractivity contribution in [3.8, 4) is 0 Å². The van der Waals surface area contributed by atoms with Crippen LogP contribution in [0.2, 0.25) is 0 Å². The fourth-order valence-corrected chi connectivity index (χ4v) is 4.26. The number of anilines is 1. The van der Waals surface area contributed by atoms with E-state index in [-0.39, 0.29) is 5.91 Å². The Morgan fingerprint density at radius 3 is 2.56 bits per heavy atom. The highest BCUT2D eigenvalue weighted by Gasteiger charge is 2.19. The van der Waals surface area contributed by atoms with Gasteiger partial charge in [0.25, 0.3) is 5.91 Å². The molecule has 0 aliphatic carbocycles. The number of amides is 1. The summed E-state index contributed by atoms with van der Waals surface area (Å²) in [6.45, 7) is 4.07. The molecule has 0 fully saturated rings.